The maximum Gasteiger partial charge on any atom is 0.227 e. The van der Waals surface area contributed by atoms with Crippen LogP contribution in [0.2, 0.25) is 0 Å². The predicted octanol–water partition coefficient (Wildman–Crippen LogP) is 2.35. The second-order valence-electron chi connectivity index (χ2n) is 7.93. The van der Waals surface area contributed by atoms with Gasteiger partial charge in [0.2, 0.25) is 11.8 Å². The van der Waals surface area contributed by atoms with E-state index >= 15 is 0 Å². The van der Waals surface area contributed by atoms with Crippen LogP contribution in [-0.2, 0) is 16.0 Å². The van der Waals surface area contributed by atoms with Gasteiger partial charge in [0.05, 0.1) is 17.0 Å². The van der Waals surface area contributed by atoms with E-state index in [0.29, 0.717) is 36.4 Å². The molecule has 3 rings (SSSR count). The lowest BCUT2D eigenvalue weighted by Crippen LogP contribution is -2.43. The van der Waals surface area contributed by atoms with Crippen molar-refractivity contribution in [3.05, 3.63) is 29.8 Å². The zero-order valence-corrected chi connectivity index (χ0v) is 15.7. The van der Waals surface area contributed by atoms with E-state index in [2.05, 4.69) is 9.97 Å². The summed E-state index contributed by atoms with van der Waals surface area (Å²) in [6, 6.07) is 4.41. The van der Waals surface area contributed by atoms with Crippen molar-refractivity contribution in [2.24, 2.45) is 5.92 Å². The first-order valence-corrected chi connectivity index (χ1v) is 8.85. The third kappa shape index (κ3) is 3.71. The molecule has 0 saturated carbocycles. The van der Waals surface area contributed by atoms with Crippen LogP contribution < -0.4 is 0 Å². The summed E-state index contributed by atoms with van der Waals surface area (Å²) in [4.78, 5) is 35.8. The van der Waals surface area contributed by atoms with Gasteiger partial charge in [-0.25, -0.2) is 9.37 Å². The number of H-pyrrole nitrogens is 1. The topological polar surface area (TPSA) is 69.3 Å². The smallest absolute Gasteiger partial charge is 0.227 e. The molecule has 1 aromatic heterocycles. The summed E-state index contributed by atoms with van der Waals surface area (Å²) in [5.74, 6) is 0.116. The number of likely N-dealkylation sites (tertiary alicyclic amines) is 1. The molecule has 26 heavy (non-hydrogen) atoms. The van der Waals surface area contributed by atoms with E-state index in [1.165, 1.54) is 12.1 Å². The molecule has 2 aromatic rings. The van der Waals surface area contributed by atoms with Gasteiger partial charge in [0.25, 0.3) is 0 Å². The summed E-state index contributed by atoms with van der Waals surface area (Å²) in [6.07, 6.45) is 0.812. The quantitative estimate of drug-likeness (QED) is 0.910. The third-order valence-corrected chi connectivity index (χ3v) is 4.84. The number of hydrogen-bond acceptors (Lipinski definition) is 3. The Labute approximate surface area is 152 Å². The van der Waals surface area contributed by atoms with E-state index in [1.807, 2.05) is 20.8 Å². The van der Waals surface area contributed by atoms with Crippen molar-refractivity contribution >= 4 is 22.8 Å². The number of amides is 2. The fourth-order valence-corrected chi connectivity index (χ4v) is 3.37. The molecule has 0 bridgehead atoms. The van der Waals surface area contributed by atoms with E-state index in [4.69, 9.17) is 0 Å². The predicted molar refractivity (Wildman–Crippen MR) is 97.0 cm³/mol. The molecule has 1 aliphatic heterocycles. The Morgan fingerprint density at radius 2 is 2.15 bits per heavy atom. The highest BCUT2D eigenvalue weighted by atomic mass is 19.1. The molecule has 1 unspecified atom stereocenters. The van der Waals surface area contributed by atoms with Crippen LogP contribution in [0.5, 0.6) is 0 Å². The average molecular weight is 360 g/mol. The minimum absolute atomic E-state index is 0.0211. The minimum atomic E-state index is -0.311. The molecule has 1 fully saturated rings. The number of fused-ring (bicyclic) bond motifs is 1. The largest absolute Gasteiger partial charge is 0.345 e. The van der Waals surface area contributed by atoms with Crippen LogP contribution in [0, 0.1) is 11.7 Å². The molecule has 7 heteroatoms. The lowest BCUT2D eigenvalue weighted by molar-refractivity contribution is -0.134. The molecule has 1 aliphatic rings. The highest BCUT2D eigenvalue weighted by Gasteiger charge is 2.40. The molecular weight excluding hydrogens is 335 g/mol. The maximum atomic E-state index is 13.3. The zero-order chi connectivity index (χ0) is 19.1. The molecule has 1 atom stereocenters. The van der Waals surface area contributed by atoms with Crippen LogP contribution in [0.4, 0.5) is 4.39 Å². The van der Waals surface area contributed by atoms with Gasteiger partial charge >= 0.3 is 0 Å². The summed E-state index contributed by atoms with van der Waals surface area (Å²) in [7, 11) is 1.74. The Morgan fingerprint density at radius 1 is 1.42 bits per heavy atom. The van der Waals surface area contributed by atoms with Crippen molar-refractivity contribution in [1.29, 1.82) is 0 Å². The number of imidazole rings is 1. The van der Waals surface area contributed by atoms with Gasteiger partial charge in [-0.1, -0.05) is 0 Å². The number of carbonyl (C=O) groups is 2. The van der Waals surface area contributed by atoms with Gasteiger partial charge in [0.15, 0.2) is 0 Å². The Bertz CT molecular complexity index is 840. The molecule has 1 N–H and O–H groups in total. The van der Waals surface area contributed by atoms with E-state index in [1.54, 1.807) is 22.9 Å². The molecule has 2 heterocycles. The second-order valence-corrected chi connectivity index (χ2v) is 7.93. The summed E-state index contributed by atoms with van der Waals surface area (Å²) < 4.78 is 13.3. The van der Waals surface area contributed by atoms with Crippen LogP contribution in [0.15, 0.2) is 18.2 Å². The number of benzene rings is 1. The zero-order valence-electron chi connectivity index (χ0n) is 15.7. The number of hydrogen-bond donors (Lipinski definition) is 1. The number of aromatic nitrogens is 2. The van der Waals surface area contributed by atoms with Gasteiger partial charge in [-0.05, 0) is 39.0 Å². The summed E-state index contributed by atoms with van der Waals surface area (Å²) in [6.45, 7) is 6.89. The molecule has 0 radical (unpaired) electrons. The third-order valence-electron chi connectivity index (χ3n) is 4.84. The Hall–Kier alpha value is -2.44. The Morgan fingerprint density at radius 3 is 2.81 bits per heavy atom. The number of likely N-dealkylation sites (N-methyl/N-ethyl adjacent to an activating group) is 1. The summed E-state index contributed by atoms with van der Waals surface area (Å²) in [5, 5.41) is 0. The van der Waals surface area contributed by atoms with Gasteiger partial charge in [0.1, 0.15) is 11.6 Å². The number of nitrogens with one attached hydrogen (secondary N) is 1. The molecule has 0 aliphatic carbocycles. The standard InChI is InChI=1S/C19H25FN4O2/c1-19(2,3)24-11-12(9-17(24)25)18(26)23(4)8-7-16-21-14-6-5-13(20)10-15(14)22-16/h5-6,10,12H,7-9,11H2,1-4H3,(H,21,22). The van der Waals surface area contributed by atoms with E-state index < -0.39 is 0 Å². The van der Waals surface area contributed by atoms with Gasteiger partial charge in [-0.3, -0.25) is 9.59 Å². The van der Waals surface area contributed by atoms with Gasteiger partial charge in [-0.2, -0.15) is 0 Å². The van der Waals surface area contributed by atoms with Crippen molar-refractivity contribution in [2.45, 2.75) is 39.2 Å². The van der Waals surface area contributed by atoms with Crippen LogP contribution in [0.1, 0.15) is 33.0 Å². The lowest BCUT2D eigenvalue weighted by Gasteiger charge is -2.32. The lowest BCUT2D eigenvalue weighted by atomic mass is 10.1. The first kappa shape index (κ1) is 18.4. The molecule has 6 nitrogen and oxygen atoms in total. The number of aromatic amines is 1. The second kappa shape index (κ2) is 6.70. The van der Waals surface area contributed by atoms with Crippen molar-refractivity contribution in [1.82, 2.24) is 19.8 Å². The summed E-state index contributed by atoms with van der Waals surface area (Å²) >= 11 is 0. The Balaban J connectivity index is 1.60. The molecular formula is C19H25FN4O2. The fraction of sp³-hybridized carbons (Fsp3) is 0.526. The Kier molecular flexibility index (Phi) is 4.73. The minimum Gasteiger partial charge on any atom is -0.345 e. The monoisotopic (exact) mass is 360 g/mol. The fourth-order valence-electron chi connectivity index (χ4n) is 3.37. The first-order valence-electron chi connectivity index (χ1n) is 8.85. The normalized spacial score (nSPS) is 18.0. The van der Waals surface area contributed by atoms with Crippen molar-refractivity contribution < 1.29 is 14.0 Å². The van der Waals surface area contributed by atoms with Crippen LogP contribution in [0.25, 0.3) is 11.0 Å². The SMILES string of the molecule is CN(CCc1nc2ccc(F)cc2[nH]1)C(=O)C1CC(=O)N(C(C)(C)C)C1. The highest BCUT2D eigenvalue weighted by Crippen LogP contribution is 2.26. The number of halogens is 1. The average Bonchev–Trinajstić information content (AvgIpc) is 3.14. The molecule has 2 amide bonds. The number of carbonyl (C=O) groups excluding carboxylic acids is 2. The van der Waals surface area contributed by atoms with Crippen molar-refractivity contribution in [3.8, 4) is 0 Å². The number of rotatable bonds is 4. The maximum absolute atomic E-state index is 13.3. The van der Waals surface area contributed by atoms with Crippen LogP contribution in [-0.4, -0.2) is 57.3 Å². The highest BCUT2D eigenvalue weighted by molar-refractivity contribution is 5.89. The molecule has 140 valence electrons. The van der Waals surface area contributed by atoms with E-state index in [9.17, 15) is 14.0 Å². The van der Waals surface area contributed by atoms with Gasteiger partial charge < -0.3 is 14.8 Å². The van der Waals surface area contributed by atoms with Crippen LogP contribution >= 0.6 is 0 Å². The molecule has 1 aromatic carbocycles. The summed E-state index contributed by atoms with van der Waals surface area (Å²) in [5.41, 5.74) is 1.09. The van der Waals surface area contributed by atoms with Gasteiger partial charge in [0, 0.05) is 38.5 Å². The van der Waals surface area contributed by atoms with Crippen LogP contribution in [0.3, 0.4) is 0 Å². The molecule has 1 saturated heterocycles. The van der Waals surface area contributed by atoms with Crippen molar-refractivity contribution in [3.63, 3.8) is 0 Å². The number of nitrogens with zero attached hydrogens (tertiary/aromatic N) is 3. The first-order chi connectivity index (χ1) is 12.1. The van der Waals surface area contributed by atoms with E-state index in [-0.39, 0.29) is 35.5 Å². The van der Waals surface area contributed by atoms with E-state index in [0.717, 1.165) is 0 Å². The molecule has 0 spiro atoms. The van der Waals surface area contributed by atoms with Gasteiger partial charge in [-0.15, -0.1) is 0 Å². The van der Waals surface area contributed by atoms with Crippen molar-refractivity contribution in [2.75, 3.05) is 20.1 Å².